The number of halogens is 1. The van der Waals surface area contributed by atoms with Gasteiger partial charge in [-0.15, -0.1) is 11.3 Å². The van der Waals surface area contributed by atoms with E-state index in [0.29, 0.717) is 21.8 Å². The highest BCUT2D eigenvalue weighted by Crippen LogP contribution is 2.40. The van der Waals surface area contributed by atoms with Crippen molar-refractivity contribution >= 4 is 47.4 Å². The van der Waals surface area contributed by atoms with E-state index in [-0.39, 0.29) is 0 Å². The van der Waals surface area contributed by atoms with E-state index >= 15 is 0 Å². The van der Waals surface area contributed by atoms with Crippen LogP contribution in [0.15, 0.2) is 32.9 Å². The van der Waals surface area contributed by atoms with Crippen LogP contribution in [0.1, 0.15) is 12.8 Å². The van der Waals surface area contributed by atoms with E-state index in [1.807, 2.05) is 24.3 Å². The zero-order valence-corrected chi connectivity index (χ0v) is 12.8. The van der Waals surface area contributed by atoms with Gasteiger partial charge in [0.15, 0.2) is 4.21 Å². The van der Waals surface area contributed by atoms with Gasteiger partial charge in [-0.25, -0.2) is 8.42 Å². The van der Waals surface area contributed by atoms with Gasteiger partial charge in [-0.1, -0.05) is 18.2 Å². The minimum Gasteiger partial charge on any atom is -0.206 e. The first-order valence-corrected chi connectivity index (χ1v) is 8.83. The lowest BCUT2D eigenvalue weighted by atomic mass is 10.3. The number of hydrogen-bond acceptors (Lipinski definition) is 3. The highest BCUT2D eigenvalue weighted by Gasteiger charge is 2.31. The molecule has 1 saturated heterocycles. The molecule has 1 aliphatic heterocycles. The maximum absolute atomic E-state index is 12.5. The fraction of sp³-hybridized carbons (Fsp3) is 0.333. The molecule has 0 radical (unpaired) electrons. The Hall–Kier alpha value is -0.430. The lowest BCUT2D eigenvalue weighted by Gasteiger charge is -2.14. The summed E-state index contributed by atoms with van der Waals surface area (Å²) in [6, 6.07) is 7.75. The van der Waals surface area contributed by atoms with Crippen LogP contribution in [0, 0.1) is 0 Å². The van der Waals surface area contributed by atoms with Crippen LogP contribution in [-0.4, -0.2) is 25.8 Å². The van der Waals surface area contributed by atoms with Gasteiger partial charge in [0.1, 0.15) is 0 Å². The summed E-state index contributed by atoms with van der Waals surface area (Å²) in [7, 11) is -3.33. The molecule has 0 spiro atoms. The summed E-state index contributed by atoms with van der Waals surface area (Å²) in [4.78, 5) is 0. The molecule has 0 saturated carbocycles. The number of sulfonamides is 1. The zero-order valence-electron chi connectivity index (χ0n) is 9.60. The summed E-state index contributed by atoms with van der Waals surface area (Å²) in [6.45, 7) is 1.28. The molecule has 0 atom stereocenters. The average molecular weight is 346 g/mol. The van der Waals surface area contributed by atoms with Gasteiger partial charge in [-0.3, -0.25) is 0 Å². The molecule has 1 aromatic carbocycles. The largest absolute Gasteiger partial charge is 0.253 e. The average Bonchev–Trinajstić information content (AvgIpc) is 2.98. The summed E-state index contributed by atoms with van der Waals surface area (Å²) in [5.74, 6) is 0. The van der Waals surface area contributed by atoms with E-state index in [9.17, 15) is 8.42 Å². The second kappa shape index (κ2) is 4.59. The molecule has 0 N–H and O–H groups in total. The lowest BCUT2D eigenvalue weighted by molar-refractivity contribution is 0.479. The Bertz CT molecular complexity index is 687. The van der Waals surface area contributed by atoms with E-state index in [2.05, 4.69) is 15.9 Å². The Balaban J connectivity index is 2.17. The van der Waals surface area contributed by atoms with Crippen LogP contribution in [-0.2, 0) is 10.0 Å². The smallest absolute Gasteiger partial charge is 0.206 e. The third-order valence-corrected chi connectivity index (χ3v) is 8.06. The van der Waals surface area contributed by atoms with Crippen molar-refractivity contribution in [2.75, 3.05) is 13.1 Å². The van der Waals surface area contributed by atoms with Crippen molar-refractivity contribution in [3.8, 4) is 0 Å². The standard InChI is InChI=1S/C12H12BrNO2S2/c13-11-9-5-1-2-6-10(9)17-12(11)18(15,16)14-7-3-4-8-14/h1-2,5-6H,3-4,7-8H2. The lowest BCUT2D eigenvalue weighted by Crippen LogP contribution is -2.27. The molecule has 0 amide bonds. The number of thiophene rings is 1. The second-order valence-corrected chi connectivity index (χ2v) is 8.29. The Kier molecular flexibility index (Phi) is 3.21. The molecule has 3 nitrogen and oxygen atoms in total. The molecule has 2 heterocycles. The minimum atomic E-state index is -3.33. The summed E-state index contributed by atoms with van der Waals surface area (Å²) in [5, 5.41) is 0.972. The quantitative estimate of drug-likeness (QED) is 0.835. The van der Waals surface area contributed by atoms with E-state index < -0.39 is 10.0 Å². The van der Waals surface area contributed by atoms with Gasteiger partial charge in [0, 0.05) is 23.2 Å². The molecule has 0 unspecified atom stereocenters. The van der Waals surface area contributed by atoms with E-state index in [4.69, 9.17) is 0 Å². The summed E-state index contributed by atoms with van der Waals surface area (Å²) in [5.41, 5.74) is 0. The molecule has 1 aliphatic rings. The van der Waals surface area contributed by atoms with E-state index in [1.165, 1.54) is 11.3 Å². The number of benzene rings is 1. The topological polar surface area (TPSA) is 37.4 Å². The first kappa shape index (κ1) is 12.6. The van der Waals surface area contributed by atoms with Crippen LogP contribution < -0.4 is 0 Å². The number of hydrogen-bond donors (Lipinski definition) is 0. The van der Waals surface area contributed by atoms with Crippen molar-refractivity contribution in [1.29, 1.82) is 0 Å². The molecule has 18 heavy (non-hydrogen) atoms. The van der Waals surface area contributed by atoms with Crippen molar-refractivity contribution < 1.29 is 8.42 Å². The predicted octanol–water partition coefficient (Wildman–Crippen LogP) is 3.45. The second-order valence-electron chi connectivity index (χ2n) is 4.31. The number of rotatable bonds is 2. The zero-order chi connectivity index (χ0) is 12.8. The number of fused-ring (bicyclic) bond motifs is 1. The van der Waals surface area contributed by atoms with Crippen LogP contribution in [0.5, 0.6) is 0 Å². The SMILES string of the molecule is O=S(=O)(c1sc2ccccc2c1Br)N1CCCC1. The van der Waals surface area contributed by atoms with Gasteiger partial charge in [-0.05, 0) is 34.8 Å². The van der Waals surface area contributed by atoms with Crippen molar-refractivity contribution in [2.24, 2.45) is 0 Å². The fourth-order valence-electron chi connectivity index (χ4n) is 2.20. The van der Waals surface area contributed by atoms with Gasteiger partial charge >= 0.3 is 0 Å². The highest BCUT2D eigenvalue weighted by molar-refractivity contribution is 9.10. The normalized spacial score (nSPS) is 17.6. The van der Waals surface area contributed by atoms with Crippen LogP contribution in [0.3, 0.4) is 0 Å². The van der Waals surface area contributed by atoms with Crippen LogP contribution >= 0.6 is 27.3 Å². The Morgan fingerprint density at radius 3 is 2.50 bits per heavy atom. The van der Waals surface area contributed by atoms with Gasteiger partial charge in [-0.2, -0.15) is 4.31 Å². The molecule has 2 aromatic rings. The van der Waals surface area contributed by atoms with Crippen molar-refractivity contribution in [1.82, 2.24) is 4.31 Å². The molecule has 3 rings (SSSR count). The first-order valence-electron chi connectivity index (χ1n) is 5.78. The molecular formula is C12H12BrNO2S2. The predicted molar refractivity (Wildman–Crippen MR) is 77.5 cm³/mol. The molecule has 1 aromatic heterocycles. The minimum absolute atomic E-state index is 0.436. The summed E-state index contributed by atoms with van der Waals surface area (Å²) in [6.07, 6.45) is 1.92. The van der Waals surface area contributed by atoms with Crippen molar-refractivity contribution in [3.63, 3.8) is 0 Å². The highest BCUT2D eigenvalue weighted by atomic mass is 79.9. The maximum Gasteiger partial charge on any atom is 0.253 e. The Morgan fingerprint density at radius 1 is 1.17 bits per heavy atom. The number of nitrogens with zero attached hydrogens (tertiary/aromatic N) is 1. The van der Waals surface area contributed by atoms with Gasteiger partial charge in [0.25, 0.3) is 10.0 Å². The van der Waals surface area contributed by atoms with Crippen LogP contribution in [0.25, 0.3) is 10.1 Å². The van der Waals surface area contributed by atoms with Crippen LogP contribution in [0.4, 0.5) is 0 Å². The first-order chi connectivity index (χ1) is 8.60. The molecule has 6 heteroatoms. The van der Waals surface area contributed by atoms with Gasteiger partial charge in [0.05, 0.1) is 4.47 Å². The fourth-order valence-corrected chi connectivity index (χ4v) is 6.68. The van der Waals surface area contributed by atoms with Gasteiger partial charge < -0.3 is 0 Å². The Labute approximate surface area is 119 Å². The third kappa shape index (κ3) is 1.91. The molecule has 0 aliphatic carbocycles. The van der Waals surface area contributed by atoms with E-state index in [1.54, 1.807) is 4.31 Å². The summed E-state index contributed by atoms with van der Waals surface area (Å²) >= 11 is 4.78. The molecule has 1 fully saturated rings. The summed E-state index contributed by atoms with van der Waals surface area (Å²) < 4.78 is 28.8. The van der Waals surface area contributed by atoms with E-state index in [0.717, 1.165) is 22.9 Å². The molecular weight excluding hydrogens is 334 g/mol. The molecule has 0 bridgehead atoms. The third-order valence-electron chi connectivity index (χ3n) is 3.14. The van der Waals surface area contributed by atoms with Gasteiger partial charge in [0.2, 0.25) is 0 Å². The maximum atomic E-state index is 12.5. The van der Waals surface area contributed by atoms with Crippen molar-refractivity contribution in [2.45, 2.75) is 17.1 Å². The van der Waals surface area contributed by atoms with Crippen molar-refractivity contribution in [3.05, 3.63) is 28.7 Å². The molecule has 96 valence electrons. The monoisotopic (exact) mass is 345 g/mol. The Morgan fingerprint density at radius 2 is 1.83 bits per heavy atom. The van der Waals surface area contributed by atoms with Crippen LogP contribution in [0.2, 0.25) is 0 Å².